The Morgan fingerprint density at radius 2 is 1.64 bits per heavy atom. The van der Waals surface area contributed by atoms with Crippen molar-refractivity contribution >= 4 is 11.9 Å². The van der Waals surface area contributed by atoms with Crippen LogP contribution in [0.5, 0.6) is 5.75 Å². The standard InChI is InChI=1S/C30H27F2N3O4/c1-18-13-19(3-12-27(18)39-2)15-34-17-33-24-16-35(26(30(37)38)14-25(24)34)29(36)28(20-4-8-22(31)9-5-20)21-6-10-23(32)11-7-21/h3-13,17,26,28H,14-16H2,1-2H3,(H,37,38)/t26-/m0/s1. The zero-order valence-electron chi connectivity index (χ0n) is 21.5. The van der Waals surface area contributed by atoms with E-state index < -0.39 is 35.5 Å². The van der Waals surface area contributed by atoms with Crippen LogP contribution in [0.15, 0.2) is 73.1 Å². The molecular weight excluding hydrogens is 504 g/mol. The lowest BCUT2D eigenvalue weighted by atomic mass is 9.88. The molecule has 0 aliphatic carbocycles. The van der Waals surface area contributed by atoms with E-state index in [1.807, 2.05) is 29.7 Å². The van der Waals surface area contributed by atoms with Crippen molar-refractivity contribution in [3.8, 4) is 5.75 Å². The third kappa shape index (κ3) is 5.25. The Kier molecular flexibility index (Phi) is 7.15. The lowest BCUT2D eigenvalue weighted by molar-refractivity contribution is -0.151. The molecule has 0 fully saturated rings. The average Bonchev–Trinajstić information content (AvgIpc) is 3.31. The number of ether oxygens (including phenoxy) is 1. The van der Waals surface area contributed by atoms with Gasteiger partial charge in [0, 0.05) is 18.7 Å². The van der Waals surface area contributed by atoms with Crippen LogP contribution in [0.3, 0.4) is 0 Å². The van der Waals surface area contributed by atoms with Gasteiger partial charge in [0.1, 0.15) is 23.4 Å². The van der Waals surface area contributed by atoms with Gasteiger partial charge >= 0.3 is 5.97 Å². The summed E-state index contributed by atoms with van der Waals surface area (Å²) < 4.78 is 34.6. The van der Waals surface area contributed by atoms with Crippen LogP contribution in [0.25, 0.3) is 0 Å². The highest BCUT2D eigenvalue weighted by Crippen LogP contribution is 2.32. The van der Waals surface area contributed by atoms with Crippen LogP contribution in [0.4, 0.5) is 8.78 Å². The minimum atomic E-state index is -1.14. The van der Waals surface area contributed by atoms with Crippen molar-refractivity contribution in [3.63, 3.8) is 0 Å². The first-order valence-electron chi connectivity index (χ1n) is 12.5. The molecule has 0 saturated heterocycles. The summed E-state index contributed by atoms with van der Waals surface area (Å²) >= 11 is 0. The molecule has 1 aromatic heterocycles. The molecule has 1 N–H and O–H groups in total. The molecule has 1 aliphatic rings. The number of hydrogen-bond acceptors (Lipinski definition) is 4. The Morgan fingerprint density at radius 3 is 2.18 bits per heavy atom. The first kappa shape index (κ1) is 26.1. The molecule has 200 valence electrons. The minimum absolute atomic E-state index is 0.00133. The summed E-state index contributed by atoms with van der Waals surface area (Å²) in [6, 6.07) is 15.6. The Labute approximate surface area is 224 Å². The highest BCUT2D eigenvalue weighted by molar-refractivity contribution is 5.91. The Hall–Kier alpha value is -4.53. The molecule has 4 aromatic rings. The summed E-state index contributed by atoms with van der Waals surface area (Å²) in [6.45, 7) is 2.44. The highest BCUT2D eigenvalue weighted by Gasteiger charge is 2.40. The number of aromatic nitrogens is 2. The first-order chi connectivity index (χ1) is 18.7. The average molecular weight is 532 g/mol. The number of nitrogens with zero attached hydrogens (tertiary/aromatic N) is 3. The number of carbonyl (C=O) groups excluding carboxylic acids is 1. The van der Waals surface area contributed by atoms with E-state index >= 15 is 0 Å². The van der Waals surface area contributed by atoms with Gasteiger partial charge in [-0.05, 0) is 59.5 Å². The molecule has 5 rings (SSSR count). The van der Waals surface area contributed by atoms with E-state index in [1.165, 1.54) is 53.4 Å². The number of imidazole rings is 1. The molecule has 0 bridgehead atoms. The van der Waals surface area contributed by atoms with E-state index in [1.54, 1.807) is 13.4 Å². The van der Waals surface area contributed by atoms with Gasteiger partial charge in [0.15, 0.2) is 0 Å². The van der Waals surface area contributed by atoms with Gasteiger partial charge in [-0.2, -0.15) is 0 Å². The lowest BCUT2D eigenvalue weighted by Crippen LogP contribution is -2.50. The summed E-state index contributed by atoms with van der Waals surface area (Å²) in [5.74, 6) is -2.71. The van der Waals surface area contributed by atoms with Gasteiger partial charge in [0.25, 0.3) is 0 Å². The third-order valence-electron chi connectivity index (χ3n) is 7.15. The molecule has 3 aromatic carbocycles. The molecule has 1 aliphatic heterocycles. The topological polar surface area (TPSA) is 84.7 Å². The predicted octanol–water partition coefficient (Wildman–Crippen LogP) is 4.70. The normalized spacial score (nSPS) is 14.8. The maximum Gasteiger partial charge on any atom is 0.326 e. The zero-order valence-corrected chi connectivity index (χ0v) is 21.5. The van der Waals surface area contributed by atoms with Gasteiger partial charge in [0.2, 0.25) is 5.91 Å². The van der Waals surface area contributed by atoms with Crippen molar-refractivity contribution in [2.24, 2.45) is 0 Å². The van der Waals surface area contributed by atoms with E-state index in [2.05, 4.69) is 4.98 Å². The van der Waals surface area contributed by atoms with Crippen LogP contribution >= 0.6 is 0 Å². The number of amides is 1. The van der Waals surface area contributed by atoms with Crippen molar-refractivity contribution in [1.29, 1.82) is 0 Å². The number of hydrogen-bond donors (Lipinski definition) is 1. The number of carboxylic acid groups (broad SMARTS) is 1. The Bertz CT molecular complexity index is 1470. The van der Waals surface area contributed by atoms with E-state index in [0.717, 1.165) is 22.6 Å². The molecule has 7 nitrogen and oxygen atoms in total. The summed E-state index contributed by atoms with van der Waals surface area (Å²) in [7, 11) is 1.62. The van der Waals surface area contributed by atoms with E-state index in [-0.39, 0.29) is 13.0 Å². The number of fused-ring (bicyclic) bond motifs is 1. The van der Waals surface area contributed by atoms with E-state index in [0.29, 0.717) is 23.4 Å². The number of methoxy groups -OCH3 is 1. The second-order valence-electron chi connectivity index (χ2n) is 9.63. The largest absolute Gasteiger partial charge is 0.496 e. The SMILES string of the molecule is COc1ccc(Cn2cnc3c2C[C@@H](C(=O)O)N(C(=O)C(c2ccc(F)cc2)c2ccc(F)cc2)C3)cc1C. The summed E-state index contributed by atoms with van der Waals surface area (Å²) in [4.78, 5) is 32.3. The van der Waals surface area contributed by atoms with Gasteiger partial charge in [0.05, 0.1) is 31.6 Å². The molecular formula is C30H27F2N3O4. The number of carboxylic acids is 1. The number of aliphatic carboxylic acids is 1. The fraction of sp³-hybridized carbons (Fsp3) is 0.233. The monoisotopic (exact) mass is 531 g/mol. The third-order valence-corrected chi connectivity index (χ3v) is 7.15. The van der Waals surface area contributed by atoms with Gasteiger partial charge in [-0.1, -0.05) is 36.4 Å². The fourth-order valence-electron chi connectivity index (χ4n) is 5.16. The van der Waals surface area contributed by atoms with Crippen molar-refractivity contribution in [2.75, 3.05) is 7.11 Å². The van der Waals surface area contributed by atoms with Crippen LogP contribution < -0.4 is 4.74 Å². The Balaban J connectivity index is 1.48. The summed E-state index contributed by atoms with van der Waals surface area (Å²) in [5, 5.41) is 10.2. The molecule has 2 heterocycles. The number of carbonyl (C=O) groups is 2. The molecule has 0 unspecified atom stereocenters. The predicted molar refractivity (Wildman–Crippen MR) is 139 cm³/mol. The zero-order chi connectivity index (χ0) is 27.7. The smallest absolute Gasteiger partial charge is 0.326 e. The molecule has 9 heteroatoms. The van der Waals surface area contributed by atoms with E-state index in [9.17, 15) is 23.5 Å². The second-order valence-corrected chi connectivity index (χ2v) is 9.63. The molecule has 0 radical (unpaired) electrons. The van der Waals surface area contributed by atoms with Crippen LogP contribution in [-0.4, -0.2) is 44.6 Å². The van der Waals surface area contributed by atoms with Crippen molar-refractivity contribution in [3.05, 3.63) is 118 Å². The number of benzene rings is 3. The highest BCUT2D eigenvalue weighted by atomic mass is 19.1. The quantitative estimate of drug-likeness (QED) is 0.374. The summed E-state index contributed by atoms with van der Waals surface area (Å²) in [5.41, 5.74) is 4.30. The van der Waals surface area contributed by atoms with Crippen LogP contribution in [0.1, 0.15) is 39.6 Å². The maximum atomic E-state index is 14.0. The molecule has 0 spiro atoms. The summed E-state index contributed by atoms with van der Waals surface area (Å²) in [6.07, 6.45) is 1.74. The molecule has 39 heavy (non-hydrogen) atoms. The van der Waals surface area contributed by atoms with Crippen molar-refractivity contribution < 1.29 is 28.2 Å². The fourth-order valence-corrected chi connectivity index (χ4v) is 5.16. The molecule has 1 amide bonds. The van der Waals surface area contributed by atoms with Crippen LogP contribution in [0.2, 0.25) is 0 Å². The van der Waals surface area contributed by atoms with Gasteiger partial charge in [-0.15, -0.1) is 0 Å². The van der Waals surface area contributed by atoms with Crippen molar-refractivity contribution in [1.82, 2.24) is 14.5 Å². The number of aryl methyl sites for hydroxylation is 1. The minimum Gasteiger partial charge on any atom is -0.496 e. The van der Waals surface area contributed by atoms with Crippen LogP contribution in [-0.2, 0) is 29.1 Å². The number of rotatable bonds is 7. The van der Waals surface area contributed by atoms with Crippen LogP contribution in [0, 0.1) is 18.6 Å². The molecule has 1 atom stereocenters. The number of halogens is 2. The van der Waals surface area contributed by atoms with Gasteiger partial charge in [-0.25, -0.2) is 18.6 Å². The van der Waals surface area contributed by atoms with Gasteiger partial charge < -0.3 is 19.3 Å². The molecule has 0 saturated carbocycles. The lowest BCUT2D eigenvalue weighted by Gasteiger charge is -2.35. The first-order valence-corrected chi connectivity index (χ1v) is 12.5. The second kappa shape index (κ2) is 10.7. The van der Waals surface area contributed by atoms with Crippen molar-refractivity contribution in [2.45, 2.75) is 38.4 Å². The van der Waals surface area contributed by atoms with E-state index in [4.69, 9.17) is 4.74 Å². The van der Waals surface area contributed by atoms with Gasteiger partial charge in [-0.3, -0.25) is 4.79 Å². The Morgan fingerprint density at radius 1 is 1.03 bits per heavy atom. The maximum absolute atomic E-state index is 14.0.